The number of ether oxygens (including phenoxy) is 1. The number of rotatable bonds is 3. The van der Waals surface area contributed by atoms with Gasteiger partial charge in [-0.2, -0.15) is 0 Å². The van der Waals surface area contributed by atoms with Crippen LogP contribution in [0.2, 0.25) is 0 Å². The Morgan fingerprint density at radius 2 is 1.48 bits per heavy atom. The lowest BCUT2D eigenvalue weighted by Gasteiger charge is -2.01. The first-order valence-corrected chi connectivity index (χ1v) is 8.01. The second kappa shape index (κ2) is 6.80. The van der Waals surface area contributed by atoms with Gasteiger partial charge < -0.3 is 4.74 Å². The minimum absolute atomic E-state index is 0.318. The zero-order valence-electron chi connectivity index (χ0n) is 12.6. The van der Waals surface area contributed by atoms with Crippen molar-refractivity contribution in [3.8, 4) is 0 Å². The molecule has 0 heterocycles. The van der Waals surface area contributed by atoms with Gasteiger partial charge in [0.1, 0.15) is 0 Å². The van der Waals surface area contributed by atoms with Gasteiger partial charge in [-0.25, -0.2) is 4.79 Å². The molecule has 0 spiro atoms. The van der Waals surface area contributed by atoms with Gasteiger partial charge in [0, 0.05) is 4.47 Å². The zero-order valence-corrected chi connectivity index (χ0v) is 14.2. The molecule has 0 unspecified atom stereocenters. The van der Waals surface area contributed by atoms with Gasteiger partial charge >= 0.3 is 5.97 Å². The highest BCUT2D eigenvalue weighted by atomic mass is 79.9. The van der Waals surface area contributed by atoms with Crippen LogP contribution in [0.1, 0.15) is 21.5 Å². The Morgan fingerprint density at radius 1 is 0.870 bits per heavy atom. The van der Waals surface area contributed by atoms with Crippen LogP contribution in [-0.2, 0) is 4.74 Å². The first-order chi connectivity index (χ1) is 11.2. The Bertz CT molecular complexity index is 880. The van der Waals surface area contributed by atoms with E-state index in [0.29, 0.717) is 5.56 Å². The molecule has 3 rings (SSSR count). The quantitative estimate of drug-likeness (QED) is 0.448. The van der Waals surface area contributed by atoms with Gasteiger partial charge in [-0.15, -0.1) is 0 Å². The van der Waals surface area contributed by atoms with Crippen molar-refractivity contribution in [2.24, 2.45) is 0 Å². The fourth-order valence-electron chi connectivity index (χ4n) is 2.38. The van der Waals surface area contributed by atoms with Crippen LogP contribution in [0.15, 0.2) is 65.1 Å². The summed E-state index contributed by atoms with van der Waals surface area (Å²) in [5, 5.41) is 2.41. The highest BCUT2D eigenvalue weighted by Crippen LogP contribution is 2.22. The fraction of sp³-hybridized carbons (Fsp3) is 0.0500. The van der Waals surface area contributed by atoms with Crippen LogP contribution < -0.4 is 0 Å². The molecule has 114 valence electrons. The van der Waals surface area contributed by atoms with Crippen molar-refractivity contribution in [3.05, 3.63) is 81.8 Å². The topological polar surface area (TPSA) is 26.3 Å². The molecule has 0 fully saturated rings. The molecule has 0 aromatic heterocycles. The molecule has 0 aliphatic carbocycles. The Hall–Kier alpha value is -2.39. The number of carbonyl (C=O) groups is 1. The number of hydrogen-bond acceptors (Lipinski definition) is 2. The molecule has 0 aliphatic rings. The summed E-state index contributed by atoms with van der Waals surface area (Å²) in [6, 6.07) is 19.9. The van der Waals surface area contributed by atoms with Crippen molar-refractivity contribution in [2.75, 3.05) is 7.11 Å². The van der Waals surface area contributed by atoms with Crippen molar-refractivity contribution in [2.45, 2.75) is 0 Å². The summed E-state index contributed by atoms with van der Waals surface area (Å²) in [5.74, 6) is -0.318. The second-order valence-electron chi connectivity index (χ2n) is 5.20. The summed E-state index contributed by atoms with van der Waals surface area (Å²) in [4.78, 5) is 11.4. The van der Waals surface area contributed by atoms with Gasteiger partial charge in [0.15, 0.2) is 0 Å². The number of hydrogen-bond donors (Lipinski definition) is 0. The lowest BCUT2D eigenvalue weighted by molar-refractivity contribution is 0.0601. The van der Waals surface area contributed by atoms with Gasteiger partial charge in [-0.3, -0.25) is 0 Å². The molecule has 0 radical (unpaired) electrons. The summed E-state index contributed by atoms with van der Waals surface area (Å²) >= 11 is 3.49. The SMILES string of the molecule is COC(=O)c1ccc(/C=C/c2ccc3cc(Br)ccc3c2)cc1. The third kappa shape index (κ3) is 3.69. The molecule has 0 saturated carbocycles. The molecule has 0 saturated heterocycles. The first kappa shape index (κ1) is 15.5. The van der Waals surface area contributed by atoms with Crippen LogP contribution in [0, 0.1) is 0 Å². The molecule has 0 bridgehead atoms. The van der Waals surface area contributed by atoms with Gasteiger partial charge in [0.2, 0.25) is 0 Å². The number of carbonyl (C=O) groups excluding carboxylic acids is 1. The van der Waals surface area contributed by atoms with Crippen molar-refractivity contribution in [3.63, 3.8) is 0 Å². The minimum atomic E-state index is -0.318. The van der Waals surface area contributed by atoms with Crippen LogP contribution in [0.25, 0.3) is 22.9 Å². The summed E-state index contributed by atoms with van der Waals surface area (Å²) < 4.78 is 5.78. The third-order valence-corrected chi connectivity index (χ3v) is 4.12. The van der Waals surface area contributed by atoms with Crippen molar-refractivity contribution >= 4 is 44.8 Å². The van der Waals surface area contributed by atoms with E-state index in [1.54, 1.807) is 12.1 Å². The Balaban J connectivity index is 1.82. The molecular weight excluding hydrogens is 352 g/mol. The van der Waals surface area contributed by atoms with Gasteiger partial charge in [0.25, 0.3) is 0 Å². The predicted octanol–water partition coefficient (Wildman–Crippen LogP) is 5.56. The highest BCUT2D eigenvalue weighted by molar-refractivity contribution is 9.10. The maximum absolute atomic E-state index is 11.4. The van der Waals surface area contributed by atoms with E-state index in [1.165, 1.54) is 17.9 Å². The maximum Gasteiger partial charge on any atom is 0.337 e. The molecule has 3 aromatic rings. The van der Waals surface area contributed by atoms with Gasteiger partial charge in [0.05, 0.1) is 12.7 Å². The van der Waals surface area contributed by atoms with E-state index in [-0.39, 0.29) is 5.97 Å². The molecule has 0 amide bonds. The van der Waals surface area contributed by atoms with E-state index in [2.05, 4.69) is 52.3 Å². The standard InChI is InChI=1S/C20H15BrO2/c1-23-20(22)16-7-4-14(5-8-16)2-3-15-6-9-18-13-19(21)11-10-17(18)12-15/h2-13H,1H3/b3-2+. The van der Waals surface area contributed by atoms with Crippen molar-refractivity contribution < 1.29 is 9.53 Å². The molecule has 0 atom stereocenters. The maximum atomic E-state index is 11.4. The van der Waals surface area contributed by atoms with E-state index < -0.39 is 0 Å². The fourth-order valence-corrected chi connectivity index (χ4v) is 2.76. The lowest BCUT2D eigenvalue weighted by Crippen LogP contribution is -2.00. The van der Waals surface area contributed by atoms with Crippen LogP contribution >= 0.6 is 15.9 Å². The van der Waals surface area contributed by atoms with Crippen LogP contribution in [-0.4, -0.2) is 13.1 Å². The molecule has 0 N–H and O–H groups in total. The number of esters is 1. The van der Waals surface area contributed by atoms with E-state index in [4.69, 9.17) is 4.74 Å². The summed E-state index contributed by atoms with van der Waals surface area (Å²) in [7, 11) is 1.38. The lowest BCUT2D eigenvalue weighted by atomic mass is 10.1. The van der Waals surface area contributed by atoms with Crippen LogP contribution in [0.5, 0.6) is 0 Å². The number of fused-ring (bicyclic) bond motifs is 1. The van der Waals surface area contributed by atoms with E-state index in [1.807, 2.05) is 24.3 Å². The highest BCUT2D eigenvalue weighted by Gasteiger charge is 2.03. The van der Waals surface area contributed by atoms with Gasteiger partial charge in [-0.05, 0) is 52.2 Å². The van der Waals surface area contributed by atoms with Crippen LogP contribution in [0.4, 0.5) is 0 Å². The molecule has 3 heteroatoms. The summed E-state index contributed by atoms with van der Waals surface area (Å²) in [6.45, 7) is 0. The molecule has 23 heavy (non-hydrogen) atoms. The smallest absolute Gasteiger partial charge is 0.337 e. The molecule has 2 nitrogen and oxygen atoms in total. The molecular formula is C20H15BrO2. The number of benzene rings is 3. The molecule has 0 aliphatic heterocycles. The van der Waals surface area contributed by atoms with E-state index in [0.717, 1.165) is 15.6 Å². The largest absolute Gasteiger partial charge is 0.465 e. The first-order valence-electron chi connectivity index (χ1n) is 7.21. The summed E-state index contributed by atoms with van der Waals surface area (Å²) in [6.07, 6.45) is 4.09. The van der Waals surface area contributed by atoms with Gasteiger partial charge in [-0.1, -0.05) is 58.4 Å². The number of methoxy groups -OCH3 is 1. The van der Waals surface area contributed by atoms with E-state index >= 15 is 0 Å². The Morgan fingerprint density at radius 3 is 2.22 bits per heavy atom. The average Bonchev–Trinajstić information content (AvgIpc) is 2.59. The monoisotopic (exact) mass is 366 g/mol. The Labute approximate surface area is 143 Å². The van der Waals surface area contributed by atoms with Crippen LogP contribution in [0.3, 0.4) is 0 Å². The second-order valence-corrected chi connectivity index (χ2v) is 6.11. The normalized spacial score (nSPS) is 11.0. The van der Waals surface area contributed by atoms with E-state index in [9.17, 15) is 4.79 Å². The zero-order chi connectivity index (χ0) is 16.2. The average molecular weight is 367 g/mol. The number of halogens is 1. The van der Waals surface area contributed by atoms with Crippen molar-refractivity contribution in [1.29, 1.82) is 0 Å². The predicted molar refractivity (Wildman–Crippen MR) is 98.4 cm³/mol. The molecule has 3 aromatic carbocycles. The summed E-state index contributed by atoms with van der Waals surface area (Å²) in [5.41, 5.74) is 2.73. The van der Waals surface area contributed by atoms with Crippen molar-refractivity contribution in [1.82, 2.24) is 0 Å². The minimum Gasteiger partial charge on any atom is -0.465 e. The third-order valence-electron chi connectivity index (χ3n) is 3.63. The Kier molecular flexibility index (Phi) is 4.58.